The Morgan fingerprint density at radius 1 is 1.50 bits per heavy atom. The molecule has 0 aliphatic carbocycles. The molecule has 0 radical (unpaired) electrons. The Morgan fingerprint density at radius 3 is 2.81 bits per heavy atom. The van der Waals surface area contributed by atoms with Gasteiger partial charge in [0, 0.05) is 27.2 Å². The zero-order chi connectivity index (χ0) is 12.0. The van der Waals surface area contributed by atoms with Crippen LogP contribution in [0.1, 0.15) is 11.1 Å². The second kappa shape index (κ2) is 6.11. The zero-order valence-electron chi connectivity index (χ0n) is 9.73. The molecule has 0 saturated carbocycles. The van der Waals surface area contributed by atoms with Crippen molar-refractivity contribution in [3.63, 3.8) is 0 Å². The molecule has 0 bridgehead atoms. The first-order valence-corrected chi connectivity index (χ1v) is 5.16. The van der Waals surface area contributed by atoms with Crippen LogP contribution in [-0.4, -0.2) is 27.3 Å². The number of benzene rings is 1. The molecule has 0 fully saturated rings. The zero-order valence-corrected chi connectivity index (χ0v) is 9.73. The summed E-state index contributed by atoms with van der Waals surface area (Å²) in [6.45, 7) is 1.85. The van der Waals surface area contributed by atoms with Crippen LogP contribution >= 0.6 is 0 Å². The lowest BCUT2D eigenvalue weighted by atomic mass is 10.1. The number of hydrogen-bond donors (Lipinski definition) is 1. The van der Waals surface area contributed by atoms with Gasteiger partial charge in [0.25, 0.3) is 0 Å². The predicted octanol–water partition coefficient (Wildman–Crippen LogP) is 1.10. The summed E-state index contributed by atoms with van der Waals surface area (Å²) >= 11 is 0. The Labute approximate surface area is 96.2 Å². The predicted molar refractivity (Wildman–Crippen MR) is 64.2 cm³/mol. The van der Waals surface area contributed by atoms with E-state index in [1.807, 2.05) is 30.1 Å². The Morgan fingerprint density at radius 2 is 2.25 bits per heavy atom. The molecule has 0 atom stereocenters. The molecule has 1 aromatic carbocycles. The van der Waals surface area contributed by atoms with Gasteiger partial charge in [0.15, 0.2) is 0 Å². The summed E-state index contributed by atoms with van der Waals surface area (Å²) < 4.78 is 5.01. The Balaban J connectivity index is 2.91. The topological polar surface area (TPSA) is 62.3 Å². The first-order chi connectivity index (χ1) is 7.72. The summed E-state index contributed by atoms with van der Waals surface area (Å²) in [5.74, 6) is 0. The first kappa shape index (κ1) is 12.5. The van der Waals surface area contributed by atoms with Gasteiger partial charge in [-0.15, -0.1) is 0 Å². The van der Waals surface area contributed by atoms with E-state index in [1.54, 1.807) is 7.11 Å². The number of likely N-dealkylation sites (N-methyl/N-ethyl adjacent to an activating group) is 1. The molecular formula is C12H17N3O. The van der Waals surface area contributed by atoms with Gasteiger partial charge in [-0.1, -0.05) is 6.07 Å². The van der Waals surface area contributed by atoms with Crippen molar-refractivity contribution in [3.8, 4) is 6.07 Å². The normalized spacial score (nSPS) is 9.88. The minimum Gasteiger partial charge on any atom is -0.383 e. The Bertz CT molecular complexity index is 384. The molecule has 0 aliphatic heterocycles. The van der Waals surface area contributed by atoms with Gasteiger partial charge in [-0.2, -0.15) is 5.26 Å². The van der Waals surface area contributed by atoms with E-state index in [9.17, 15) is 0 Å². The van der Waals surface area contributed by atoms with E-state index in [-0.39, 0.29) is 0 Å². The average molecular weight is 219 g/mol. The maximum absolute atomic E-state index is 9.06. The number of ether oxygens (including phenoxy) is 1. The van der Waals surface area contributed by atoms with Crippen LogP contribution in [0.3, 0.4) is 0 Å². The number of anilines is 1. The molecule has 4 nitrogen and oxygen atoms in total. The van der Waals surface area contributed by atoms with E-state index in [0.29, 0.717) is 18.7 Å². The summed E-state index contributed by atoms with van der Waals surface area (Å²) in [6, 6.07) is 7.89. The van der Waals surface area contributed by atoms with Crippen molar-refractivity contribution in [2.24, 2.45) is 5.73 Å². The third-order valence-corrected chi connectivity index (χ3v) is 2.46. The average Bonchev–Trinajstić information content (AvgIpc) is 2.34. The smallest absolute Gasteiger partial charge is 0.101 e. The molecule has 0 spiro atoms. The van der Waals surface area contributed by atoms with Gasteiger partial charge in [0.1, 0.15) is 6.07 Å². The van der Waals surface area contributed by atoms with Gasteiger partial charge in [-0.3, -0.25) is 0 Å². The molecule has 0 heterocycles. The van der Waals surface area contributed by atoms with Crippen molar-refractivity contribution < 1.29 is 4.74 Å². The second-order valence-electron chi connectivity index (χ2n) is 3.58. The fourth-order valence-electron chi connectivity index (χ4n) is 1.48. The highest BCUT2D eigenvalue weighted by molar-refractivity contribution is 5.60. The molecule has 86 valence electrons. The summed E-state index contributed by atoms with van der Waals surface area (Å²) in [7, 11) is 3.61. The van der Waals surface area contributed by atoms with Crippen LogP contribution in [0.4, 0.5) is 5.69 Å². The molecule has 0 aromatic heterocycles. The highest BCUT2D eigenvalue weighted by atomic mass is 16.5. The van der Waals surface area contributed by atoms with Crippen LogP contribution in [0, 0.1) is 11.3 Å². The fourth-order valence-corrected chi connectivity index (χ4v) is 1.48. The van der Waals surface area contributed by atoms with Crippen LogP contribution in [-0.2, 0) is 11.3 Å². The monoisotopic (exact) mass is 219 g/mol. The lowest BCUT2D eigenvalue weighted by Crippen LogP contribution is -2.23. The lowest BCUT2D eigenvalue weighted by Gasteiger charge is -2.20. The summed E-state index contributed by atoms with van der Waals surface area (Å²) in [4.78, 5) is 2.00. The Kier molecular flexibility index (Phi) is 4.77. The molecule has 0 aliphatic rings. The number of nitriles is 1. The van der Waals surface area contributed by atoms with Gasteiger partial charge < -0.3 is 15.4 Å². The number of hydrogen-bond acceptors (Lipinski definition) is 4. The summed E-state index contributed by atoms with van der Waals surface area (Å²) in [6.07, 6.45) is 0. The van der Waals surface area contributed by atoms with Crippen molar-refractivity contribution in [1.82, 2.24) is 0 Å². The van der Waals surface area contributed by atoms with E-state index < -0.39 is 0 Å². The molecule has 2 N–H and O–H groups in total. The number of rotatable bonds is 5. The summed E-state index contributed by atoms with van der Waals surface area (Å²) in [5.41, 5.74) is 8.08. The van der Waals surface area contributed by atoms with Gasteiger partial charge in [-0.05, 0) is 17.7 Å². The summed E-state index contributed by atoms with van der Waals surface area (Å²) in [5, 5.41) is 9.06. The SMILES string of the molecule is COCCN(C)c1ccc(CN)cc1C#N. The van der Waals surface area contributed by atoms with Crippen molar-refractivity contribution >= 4 is 5.69 Å². The van der Waals surface area contributed by atoms with E-state index >= 15 is 0 Å². The minimum atomic E-state index is 0.455. The largest absolute Gasteiger partial charge is 0.383 e. The number of nitrogens with two attached hydrogens (primary N) is 1. The van der Waals surface area contributed by atoms with Crippen molar-refractivity contribution in [2.45, 2.75) is 6.54 Å². The third kappa shape index (κ3) is 2.96. The lowest BCUT2D eigenvalue weighted by molar-refractivity contribution is 0.206. The van der Waals surface area contributed by atoms with Crippen molar-refractivity contribution in [1.29, 1.82) is 5.26 Å². The van der Waals surface area contributed by atoms with Crippen LogP contribution in [0.15, 0.2) is 18.2 Å². The van der Waals surface area contributed by atoms with Crippen LogP contribution in [0.2, 0.25) is 0 Å². The van der Waals surface area contributed by atoms with Gasteiger partial charge >= 0.3 is 0 Å². The second-order valence-corrected chi connectivity index (χ2v) is 3.58. The molecular weight excluding hydrogens is 202 g/mol. The van der Waals surface area contributed by atoms with Crippen LogP contribution < -0.4 is 10.6 Å². The molecule has 0 saturated heterocycles. The van der Waals surface area contributed by atoms with Gasteiger partial charge in [0.05, 0.1) is 17.9 Å². The highest BCUT2D eigenvalue weighted by Gasteiger charge is 2.07. The molecule has 1 aromatic rings. The maximum atomic E-state index is 9.06. The van der Waals surface area contributed by atoms with Crippen molar-refractivity contribution in [2.75, 3.05) is 32.2 Å². The third-order valence-electron chi connectivity index (χ3n) is 2.46. The van der Waals surface area contributed by atoms with Gasteiger partial charge in [-0.25, -0.2) is 0 Å². The number of nitrogens with zero attached hydrogens (tertiary/aromatic N) is 2. The number of methoxy groups -OCH3 is 1. The standard InChI is InChI=1S/C12H17N3O/c1-15(5-6-16-2)12-4-3-10(8-13)7-11(12)9-14/h3-4,7H,5-6,8,13H2,1-2H3. The minimum absolute atomic E-state index is 0.455. The Hall–Kier alpha value is -1.57. The van der Waals surface area contributed by atoms with E-state index in [4.69, 9.17) is 15.7 Å². The van der Waals surface area contributed by atoms with Gasteiger partial charge in [0.2, 0.25) is 0 Å². The molecule has 1 rings (SSSR count). The van der Waals surface area contributed by atoms with E-state index in [2.05, 4.69) is 6.07 Å². The van der Waals surface area contributed by atoms with Crippen LogP contribution in [0.5, 0.6) is 0 Å². The molecule has 0 unspecified atom stereocenters. The molecule has 0 amide bonds. The molecule has 4 heteroatoms. The highest BCUT2D eigenvalue weighted by Crippen LogP contribution is 2.20. The van der Waals surface area contributed by atoms with E-state index in [1.165, 1.54) is 0 Å². The van der Waals surface area contributed by atoms with E-state index in [0.717, 1.165) is 17.8 Å². The first-order valence-electron chi connectivity index (χ1n) is 5.16. The fraction of sp³-hybridized carbons (Fsp3) is 0.417. The maximum Gasteiger partial charge on any atom is 0.101 e. The van der Waals surface area contributed by atoms with Crippen molar-refractivity contribution in [3.05, 3.63) is 29.3 Å². The van der Waals surface area contributed by atoms with Crippen LogP contribution in [0.25, 0.3) is 0 Å². The quantitative estimate of drug-likeness (QED) is 0.805. The molecule has 16 heavy (non-hydrogen) atoms.